The molecule has 0 aromatic heterocycles. The zero-order valence-corrected chi connectivity index (χ0v) is 22.9. The first-order valence-corrected chi connectivity index (χ1v) is 13.7. The number of amides is 2. The van der Waals surface area contributed by atoms with Crippen molar-refractivity contribution < 1.29 is 22.7 Å². The van der Waals surface area contributed by atoms with Gasteiger partial charge in [-0.25, -0.2) is 8.42 Å². The van der Waals surface area contributed by atoms with Crippen LogP contribution in [0.4, 0.5) is 5.69 Å². The predicted molar refractivity (Wildman–Crippen MR) is 140 cm³/mol. The number of nitrogens with one attached hydrogen (secondary N) is 1. The fourth-order valence-electron chi connectivity index (χ4n) is 3.26. The third-order valence-corrected chi connectivity index (χ3v) is 7.35. The molecule has 35 heavy (non-hydrogen) atoms. The van der Waals surface area contributed by atoms with Crippen molar-refractivity contribution in [1.82, 2.24) is 10.2 Å². The van der Waals surface area contributed by atoms with Crippen molar-refractivity contribution in [3.05, 3.63) is 57.0 Å². The molecule has 0 bridgehead atoms. The lowest BCUT2D eigenvalue weighted by Gasteiger charge is -2.32. The fraction of sp³-hybridized carbons (Fsp3) is 0.391. The molecular formula is C23H28Cl3N3O5S. The molecule has 2 aromatic rings. The van der Waals surface area contributed by atoms with Gasteiger partial charge in [-0.3, -0.25) is 13.9 Å². The number of anilines is 1. The van der Waals surface area contributed by atoms with Crippen molar-refractivity contribution in [2.45, 2.75) is 32.9 Å². The molecule has 8 nitrogen and oxygen atoms in total. The lowest BCUT2D eigenvalue weighted by Crippen LogP contribution is -2.51. The first-order valence-electron chi connectivity index (χ1n) is 10.7. The molecule has 0 spiro atoms. The van der Waals surface area contributed by atoms with Crippen LogP contribution in [0.25, 0.3) is 0 Å². The summed E-state index contributed by atoms with van der Waals surface area (Å²) in [5, 5.41) is 3.57. The maximum atomic E-state index is 13.5. The van der Waals surface area contributed by atoms with Gasteiger partial charge in [0, 0.05) is 28.7 Å². The van der Waals surface area contributed by atoms with Gasteiger partial charge in [-0.05, 0) is 43.7 Å². The Hall–Kier alpha value is -2.20. The van der Waals surface area contributed by atoms with Crippen molar-refractivity contribution in [1.29, 1.82) is 0 Å². The van der Waals surface area contributed by atoms with Crippen LogP contribution in [0, 0.1) is 0 Å². The van der Waals surface area contributed by atoms with Crippen LogP contribution in [0.5, 0.6) is 5.75 Å². The lowest BCUT2D eigenvalue weighted by atomic mass is 10.1. The quantitative estimate of drug-likeness (QED) is 0.437. The Morgan fingerprint density at radius 1 is 1.09 bits per heavy atom. The molecule has 0 aliphatic carbocycles. The highest BCUT2D eigenvalue weighted by molar-refractivity contribution is 7.92. The molecule has 1 atom stereocenters. The Kier molecular flexibility index (Phi) is 10.5. The number of sulfonamides is 1. The highest BCUT2D eigenvalue weighted by atomic mass is 35.5. The van der Waals surface area contributed by atoms with Crippen LogP contribution < -0.4 is 14.4 Å². The van der Waals surface area contributed by atoms with Gasteiger partial charge in [0.05, 0.1) is 24.1 Å². The van der Waals surface area contributed by atoms with Gasteiger partial charge in [0.15, 0.2) is 0 Å². The summed E-state index contributed by atoms with van der Waals surface area (Å²) in [6.07, 6.45) is 1.69. The number of ether oxygens (including phenoxy) is 1. The van der Waals surface area contributed by atoms with E-state index in [9.17, 15) is 18.0 Å². The molecule has 0 saturated carbocycles. The number of rotatable bonds is 11. The molecule has 0 heterocycles. The molecule has 0 fully saturated rings. The fourth-order valence-corrected chi connectivity index (χ4v) is 4.87. The first-order chi connectivity index (χ1) is 16.4. The average Bonchev–Trinajstić information content (AvgIpc) is 2.79. The van der Waals surface area contributed by atoms with Gasteiger partial charge in [-0.1, -0.05) is 47.8 Å². The summed E-state index contributed by atoms with van der Waals surface area (Å²) in [6, 6.07) is 8.35. The topological polar surface area (TPSA) is 96.0 Å². The van der Waals surface area contributed by atoms with E-state index in [-0.39, 0.29) is 23.2 Å². The van der Waals surface area contributed by atoms with E-state index in [2.05, 4.69) is 5.32 Å². The van der Waals surface area contributed by atoms with Crippen LogP contribution in [0.15, 0.2) is 36.4 Å². The molecule has 1 unspecified atom stereocenters. The standard InChI is InChI=1S/C23H28Cl3N3O5S/c1-5-11-27-23(31)15(2)28(13-17-18(24)7-6-8-19(17)25)22(30)14-29(35(4,32)33)16-9-10-21(34-3)20(26)12-16/h6-10,12,15H,5,11,13-14H2,1-4H3,(H,27,31). The zero-order chi connectivity index (χ0) is 26.3. The van der Waals surface area contributed by atoms with E-state index in [0.29, 0.717) is 34.3 Å². The second-order valence-electron chi connectivity index (χ2n) is 7.78. The molecular weight excluding hydrogens is 537 g/mol. The summed E-state index contributed by atoms with van der Waals surface area (Å²) in [5.74, 6) is -0.661. The van der Waals surface area contributed by atoms with E-state index in [1.165, 1.54) is 30.2 Å². The van der Waals surface area contributed by atoms with Crippen molar-refractivity contribution in [2.24, 2.45) is 0 Å². The summed E-state index contributed by atoms with van der Waals surface area (Å²) in [4.78, 5) is 27.5. The number of hydrogen-bond acceptors (Lipinski definition) is 5. The molecule has 0 aliphatic rings. The summed E-state index contributed by atoms with van der Waals surface area (Å²) in [7, 11) is -2.47. The van der Waals surface area contributed by atoms with Gasteiger partial charge in [-0.15, -0.1) is 0 Å². The summed E-state index contributed by atoms with van der Waals surface area (Å²) >= 11 is 18.8. The Morgan fingerprint density at radius 2 is 1.71 bits per heavy atom. The van der Waals surface area contributed by atoms with E-state index < -0.39 is 28.5 Å². The molecule has 2 rings (SSSR count). The Balaban J connectivity index is 2.46. The van der Waals surface area contributed by atoms with Gasteiger partial charge in [-0.2, -0.15) is 0 Å². The van der Waals surface area contributed by atoms with Crippen LogP contribution in [-0.2, 0) is 26.2 Å². The van der Waals surface area contributed by atoms with Crippen LogP contribution in [-0.4, -0.2) is 57.6 Å². The summed E-state index contributed by atoms with van der Waals surface area (Å²) < 4.78 is 31.3. The highest BCUT2D eigenvalue weighted by Gasteiger charge is 2.31. The van der Waals surface area contributed by atoms with Crippen molar-refractivity contribution >= 4 is 62.3 Å². The van der Waals surface area contributed by atoms with E-state index >= 15 is 0 Å². The van der Waals surface area contributed by atoms with E-state index in [0.717, 1.165) is 10.6 Å². The SMILES string of the molecule is CCCNC(=O)C(C)N(Cc1c(Cl)cccc1Cl)C(=O)CN(c1ccc(OC)c(Cl)c1)S(C)(=O)=O. The highest BCUT2D eigenvalue weighted by Crippen LogP contribution is 2.31. The minimum Gasteiger partial charge on any atom is -0.495 e. The number of methoxy groups -OCH3 is 1. The largest absolute Gasteiger partial charge is 0.495 e. The first kappa shape index (κ1) is 29.0. The normalized spacial score (nSPS) is 12.1. The third-order valence-electron chi connectivity index (χ3n) is 5.21. The monoisotopic (exact) mass is 563 g/mol. The maximum Gasteiger partial charge on any atom is 0.244 e. The minimum absolute atomic E-state index is 0.0982. The van der Waals surface area contributed by atoms with Gasteiger partial charge in [0.2, 0.25) is 21.8 Å². The maximum absolute atomic E-state index is 13.5. The number of benzene rings is 2. The van der Waals surface area contributed by atoms with E-state index in [1.54, 1.807) is 25.1 Å². The number of hydrogen-bond donors (Lipinski definition) is 1. The molecule has 0 aliphatic heterocycles. The van der Waals surface area contributed by atoms with E-state index in [1.807, 2.05) is 6.92 Å². The molecule has 2 amide bonds. The molecule has 0 saturated heterocycles. The number of halogens is 3. The van der Waals surface area contributed by atoms with Crippen LogP contribution in [0.2, 0.25) is 15.1 Å². The third kappa shape index (κ3) is 7.64. The molecule has 1 N–H and O–H groups in total. The van der Waals surface area contributed by atoms with Gasteiger partial charge >= 0.3 is 0 Å². The van der Waals surface area contributed by atoms with Gasteiger partial charge in [0.25, 0.3) is 0 Å². The van der Waals surface area contributed by atoms with Crippen molar-refractivity contribution in [2.75, 3.05) is 30.8 Å². The second kappa shape index (κ2) is 12.7. The molecule has 2 aromatic carbocycles. The number of carbonyl (C=O) groups is 2. The summed E-state index contributed by atoms with van der Waals surface area (Å²) in [5.41, 5.74) is 0.614. The van der Waals surface area contributed by atoms with Crippen LogP contribution in [0.1, 0.15) is 25.8 Å². The minimum atomic E-state index is -3.90. The number of carbonyl (C=O) groups excluding carboxylic acids is 2. The van der Waals surface area contributed by atoms with Crippen molar-refractivity contribution in [3.63, 3.8) is 0 Å². The Morgan fingerprint density at radius 3 is 2.23 bits per heavy atom. The number of nitrogens with zero attached hydrogens (tertiary/aromatic N) is 2. The Labute approximate surface area is 221 Å². The average molecular weight is 565 g/mol. The smallest absolute Gasteiger partial charge is 0.244 e. The van der Waals surface area contributed by atoms with Crippen molar-refractivity contribution in [3.8, 4) is 5.75 Å². The predicted octanol–water partition coefficient (Wildman–Crippen LogP) is 4.36. The summed E-state index contributed by atoms with van der Waals surface area (Å²) in [6.45, 7) is 3.22. The Bertz CT molecular complexity index is 1160. The molecule has 0 radical (unpaired) electrons. The van der Waals surface area contributed by atoms with Crippen LogP contribution >= 0.6 is 34.8 Å². The zero-order valence-electron chi connectivity index (χ0n) is 19.8. The van der Waals surface area contributed by atoms with Crippen LogP contribution in [0.3, 0.4) is 0 Å². The van der Waals surface area contributed by atoms with Gasteiger partial charge < -0.3 is 15.0 Å². The van der Waals surface area contributed by atoms with Gasteiger partial charge in [0.1, 0.15) is 18.3 Å². The van der Waals surface area contributed by atoms with E-state index in [4.69, 9.17) is 39.5 Å². The lowest BCUT2D eigenvalue weighted by molar-refractivity contribution is -0.139. The second-order valence-corrected chi connectivity index (χ2v) is 10.9. The molecule has 192 valence electrons. The molecule has 12 heteroatoms.